The first-order valence-corrected chi connectivity index (χ1v) is 7.05. The van der Waals surface area contributed by atoms with Crippen molar-refractivity contribution in [3.05, 3.63) is 70.8 Å². The van der Waals surface area contributed by atoms with E-state index in [2.05, 4.69) is 42.5 Å². The van der Waals surface area contributed by atoms with E-state index in [4.69, 9.17) is 0 Å². The van der Waals surface area contributed by atoms with E-state index in [1.165, 1.54) is 23.1 Å². The van der Waals surface area contributed by atoms with Gasteiger partial charge in [-0.25, -0.2) is 0 Å². The monoisotopic (exact) mass is 248 g/mol. The van der Waals surface area contributed by atoms with E-state index in [1.54, 1.807) is 0 Å². The average molecular weight is 248 g/mol. The quantitative estimate of drug-likeness (QED) is 0.736. The van der Waals surface area contributed by atoms with Gasteiger partial charge in [-0.2, -0.15) is 0 Å². The Morgan fingerprint density at radius 1 is 0.947 bits per heavy atom. The van der Waals surface area contributed by atoms with Crippen LogP contribution in [0.5, 0.6) is 0 Å². The van der Waals surface area contributed by atoms with Gasteiger partial charge in [0.15, 0.2) is 5.78 Å². The van der Waals surface area contributed by atoms with Crippen LogP contribution in [-0.2, 0) is 0 Å². The number of rotatable bonds is 1. The van der Waals surface area contributed by atoms with Crippen molar-refractivity contribution in [2.24, 2.45) is 0 Å². The van der Waals surface area contributed by atoms with Crippen LogP contribution < -0.4 is 0 Å². The minimum atomic E-state index is 0.335. The summed E-state index contributed by atoms with van der Waals surface area (Å²) in [5.74, 6) is 1.41. The molecule has 2 aromatic carbocycles. The van der Waals surface area contributed by atoms with Crippen molar-refractivity contribution in [3.63, 3.8) is 0 Å². The third-order valence-corrected chi connectivity index (χ3v) is 4.67. The molecule has 0 amide bonds. The van der Waals surface area contributed by atoms with E-state index < -0.39 is 0 Å². The van der Waals surface area contributed by atoms with Gasteiger partial charge in [-0.1, -0.05) is 48.5 Å². The van der Waals surface area contributed by atoms with Gasteiger partial charge in [0, 0.05) is 17.9 Å². The van der Waals surface area contributed by atoms with Gasteiger partial charge in [0.25, 0.3) is 0 Å². The fraction of sp³-hybridized carbons (Fsp3) is 0.278. The smallest absolute Gasteiger partial charge is 0.163 e. The van der Waals surface area contributed by atoms with Gasteiger partial charge < -0.3 is 0 Å². The van der Waals surface area contributed by atoms with Crippen LogP contribution in [-0.4, -0.2) is 5.78 Å². The second-order valence-electron chi connectivity index (χ2n) is 5.67. The number of hydrogen-bond donors (Lipinski definition) is 0. The van der Waals surface area contributed by atoms with E-state index >= 15 is 0 Å². The van der Waals surface area contributed by atoms with Crippen LogP contribution in [0, 0.1) is 0 Å². The average Bonchev–Trinajstić information content (AvgIpc) is 2.84. The molecule has 0 saturated carbocycles. The summed E-state index contributed by atoms with van der Waals surface area (Å²) in [6.45, 7) is 0. The van der Waals surface area contributed by atoms with Crippen LogP contribution in [0.15, 0.2) is 48.5 Å². The van der Waals surface area contributed by atoms with Crippen LogP contribution in [0.1, 0.15) is 58.1 Å². The Bertz CT molecular complexity index is 642. The molecule has 0 unspecified atom stereocenters. The molecule has 0 aliphatic heterocycles. The SMILES string of the molecule is O=C1CC[C@@H]2C[C@H](c3ccccc3)c3cccc1c32. The molecular weight excluding hydrogens is 232 g/mol. The molecule has 1 heteroatoms. The van der Waals surface area contributed by atoms with Crippen molar-refractivity contribution in [1.82, 2.24) is 0 Å². The predicted octanol–water partition coefficient (Wildman–Crippen LogP) is 4.28. The molecule has 2 aliphatic rings. The van der Waals surface area contributed by atoms with E-state index in [0.717, 1.165) is 18.4 Å². The highest BCUT2D eigenvalue weighted by Gasteiger charge is 2.37. The number of benzene rings is 2. The summed E-state index contributed by atoms with van der Waals surface area (Å²) in [6, 6.07) is 17.0. The summed E-state index contributed by atoms with van der Waals surface area (Å²) in [5, 5.41) is 0. The zero-order valence-electron chi connectivity index (χ0n) is 10.8. The Balaban J connectivity index is 1.88. The molecule has 0 aromatic heterocycles. The summed E-state index contributed by atoms with van der Waals surface area (Å²) in [7, 11) is 0. The second kappa shape index (κ2) is 4.06. The van der Waals surface area contributed by atoms with Gasteiger partial charge in [0.05, 0.1) is 0 Å². The first kappa shape index (κ1) is 11.0. The summed E-state index contributed by atoms with van der Waals surface area (Å²) in [5.41, 5.74) is 5.12. The second-order valence-corrected chi connectivity index (χ2v) is 5.67. The van der Waals surface area contributed by atoms with Gasteiger partial charge >= 0.3 is 0 Å². The minimum Gasteiger partial charge on any atom is -0.294 e. The molecule has 0 N–H and O–H groups in total. The number of Topliss-reactive ketones (excluding diaryl/α,β-unsaturated/α-hetero) is 1. The van der Waals surface area contributed by atoms with Crippen molar-refractivity contribution < 1.29 is 4.79 Å². The molecular formula is C18H16O. The molecule has 4 rings (SSSR count). The first-order valence-electron chi connectivity index (χ1n) is 7.05. The Labute approximate surface area is 113 Å². The van der Waals surface area contributed by atoms with Gasteiger partial charge in [-0.15, -0.1) is 0 Å². The van der Waals surface area contributed by atoms with Crippen molar-refractivity contribution in [2.75, 3.05) is 0 Å². The molecule has 2 aromatic rings. The van der Waals surface area contributed by atoms with E-state index in [-0.39, 0.29) is 0 Å². The van der Waals surface area contributed by atoms with Crippen molar-refractivity contribution in [3.8, 4) is 0 Å². The molecule has 0 heterocycles. The molecule has 0 spiro atoms. The van der Waals surface area contributed by atoms with Crippen LogP contribution in [0.4, 0.5) is 0 Å². The minimum absolute atomic E-state index is 0.335. The molecule has 19 heavy (non-hydrogen) atoms. The Kier molecular flexibility index (Phi) is 2.34. The largest absolute Gasteiger partial charge is 0.294 e. The molecule has 0 saturated heterocycles. The van der Waals surface area contributed by atoms with Crippen molar-refractivity contribution in [2.45, 2.75) is 31.1 Å². The van der Waals surface area contributed by atoms with E-state index in [0.29, 0.717) is 17.6 Å². The zero-order chi connectivity index (χ0) is 12.8. The third-order valence-electron chi connectivity index (χ3n) is 4.67. The molecule has 2 aliphatic carbocycles. The van der Waals surface area contributed by atoms with Crippen molar-refractivity contribution >= 4 is 5.78 Å². The lowest BCUT2D eigenvalue weighted by atomic mass is 9.83. The van der Waals surface area contributed by atoms with Crippen molar-refractivity contribution in [1.29, 1.82) is 0 Å². The fourth-order valence-electron chi connectivity index (χ4n) is 3.82. The maximum Gasteiger partial charge on any atom is 0.163 e. The zero-order valence-corrected chi connectivity index (χ0v) is 10.8. The highest BCUT2D eigenvalue weighted by atomic mass is 16.1. The highest BCUT2D eigenvalue weighted by Crippen LogP contribution is 2.50. The maximum atomic E-state index is 12.1. The molecule has 0 bridgehead atoms. The lowest BCUT2D eigenvalue weighted by molar-refractivity contribution is 0.0967. The van der Waals surface area contributed by atoms with Gasteiger partial charge in [-0.05, 0) is 35.4 Å². The van der Waals surface area contributed by atoms with E-state index in [9.17, 15) is 4.79 Å². The normalized spacial score (nSPS) is 24.3. The Hall–Kier alpha value is -1.89. The molecule has 1 nitrogen and oxygen atoms in total. The van der Waals surface area contributed by atoms with Gasteiger partial charge in [0.1, 0.15) is 0 Å². The topological polar surface area (TPSA) is 17.1 Å². The van der Waals surface area contributed by atoms with E-state index in [1.807, 2.05) is 6.07 Å². The Morgan fingerprint density at radius 2 is 1.79 bits per heavy atom. The van der Waals surface area contributed by atoms with Crippen LogP contribution in [0.25, 0.3) is 0 Å². The summed E-state index contributed by atoms with van der Waals surface area (Å²) in [6.07, 6.45) is 2.93. The van der Waals surface area contributed by atoms with Gasteiger partial charge in [0.2, 0.25) is 0 Å². The number of carbonyl (C=O) groups excluding carboxylic acids is 1. The summed E-state index contributed by atoms with van der Waals surface area (Å²) >= 11 is 0. The standard InChI is InChI=1S/C18H16O/c19-17-10-9-13-11-16(12-5-2-1-3-6-12)14-7-4-8-15(17)18(13)14/h1-8,13,16H,9-11H2/t13-,16-/m1/s1. The lowest BCUT2D eigenvalue weighted by Crippen LogP contribution is -2.13. The highest BCUT2D eigenvalue weighted by molar-refractivity contribution is 5.99. The summed E-state index contributed by atoms with van der Waals surface area (Å²) < 4.78 is 0. The van der Waals surface area contributed by atoms with Crippen LogP contribution >= 0.6 is 0 Å². The predicted molar refractivity (Wildman–Crippen MR) is 75.6 cm³/mol. The molecule has 94 valence electrons. The number of hydrogen-bond acceptors (Lipinski definition) is 1. The van der Waals surface area contributed by atoms with Crippen LogP contribution in [0.3, 0.4) is 0 Å². The van der Waals surface area contributed by atoms with Gasteiger partial charge in [-0.3, -0.25) is 4.79 Å². The molecule has 0 radical (unpaired) electrons. The van der Waals surface area contributed by atoms with Crippen LogP contribution in [0.2, 0.25) is 0 Å². The lowest BCUT2D eigenvalue weighted by Gasteiger charge is -2.20. The third kappa shape index (κ3) is 1.58. The number of ketones is 1. The fourth-order valence-corrected chi connectivity index (χ4v) is 3.82. The number of carbonyl (C=O) groups is 1. The first-order chi connectivity index (χ1) is 9.34. The molecule has 2 atom stereocenters. The summed E-state index contributed by atoms with van der Waals surface area (Å²) in [4.78, 5) is 12.1. The molecule has 0 fully saturated rings. The maximum absolute atomic E-state index is 12.1. The Morgan fingerprint density at radius 3 is 2.63 bits per heavy atom.